The van der Waals surface area contributed by atoms with Gasteiger partial charge in [-0.25, -0.2) is 0 Å². The van der Waals surface area contributed by atoms with E-state index in [4.69, 9.17) is 9.47 Å². The topological polar surface area (TPSA) is 21.7 Å². The summed E-state index contributed by atoms with van der Waals surface area (Å²) in [6.45, 7) is 8.42. The summed E-state index contributed by atoms with van der Waals surface area (Å²) < 4.78 is 10.9. The van der Waals surface area contributed by atoms with Gasteiger partial charge in [0.15, 0.2) is 0 Å². The van der Waals surface area contributed by atoms with Crippen LogP contribution in [0.1, 0.15) is 20.8 Å². The first-order chi connectivity index (χ1) is 5.20. The highest BCUT2D eigenvalue weighted by Gasteiger charge is 2.15. The zero-order chi connectivity index (χ0) is 8.27. The molecule has 0 N–H and O–H groups in total. The summed E-state index contributed by atoms with van der Waals surface area (Å²) in [6.07, 6.45) is 0.235. The van der Waals surface area contributed by atoms with Crippen molar-refractivity contribution in [1.82, 2.24) is 4.90 Å². The van der Waals surface area contributed by atoms with Gasteiger partial charge in [-0.2, -0.15) is 0 Å². The molecule has 1 saturated heterocycles. The zero-order valence-electron chi connectivity index (χ0n) is 7.54. The van der Waals surface area contributed by atoms with Crippen molar-refractivity contribution in [3.8, 4) is 0 Å². The molecule has 1 heterocycles. The van der Waals surface area contributed by atoms with E-state index in [1.807, 2.05) is 6.92 Å². The Hall–Kier alpha value is -0.120. The Morgan fingerprint density at radius 2 is 2.09 bits per heavy atom. The molecule has 0 amide bonds. The van der Waals surface area contributed by atoms with Crippen LogP contribution >= 0.6 is 0 Å². The van der Waals surface area contributed by atoms with Crippen molar-refractivity contribution in [2.45, 2.75) is 32.9 Å². The number of ether oxygens (including phenoxy) is 2. The van der Waals surface area contributed by atoms with E-state index in [2.05, 4.69) is 18.7 Å². The Morgan fingerprint density at radius 1 is 1.36 bits per heavy atom. The van der Waals surface area contributed by atoms with Gasteiger partial charge in [-0.3, -0.25) is 4.90 Å². The highest BCUT2D eigenvalue weighted by molar-refractivity contribution is 4.58. The maximum absolute atomic E-state index is 5.48. The quantitative estimate of drug-likeness (QED) is 0.570. The Bertz CT molecular complexity index is 117. The molecule has 3 heteroatoms. The number of nitrogens with zero attached hydrogens (tertiary/aromatic N) is 1. The summed E-state index contributed by atoms with van der Waals surface area (Å²) in [5.74, 6) is 0. The van der Waals surface area contributed by atoms with E-state index >= 15 is 0 Å². The molecule has 1 fully saturated rings. The summed E-state index contributed by atoms with van der Waals surface area (Å²) in [6, 6.07) is 0.500. The zero-order valence-corrected chi connectivity index (χ0v) is 7.54. The monoisotopic (exact) mass is 159 g/mol. The number of hydrogen-bond donors (Lipinski definition) is 0. The summed E-state index contributed by atoms with van der Waals surface area (Å²) in [5, 5.41) is 0. The molecule has 66 valence electrons. The largest absolute Gasteiger partial charge is 0.363 e. The van der Waals surface area contributed by atoms with Gasteiger partial charge in [-0.1, -0.05) is 0 Å². The van der Waals surface area contributed by atoms with Crippen LogP contribution in [0.15, 0.2) is 0 Å². The van der Waals surface area contributed by atoms with Gasteiger partial charge in [-0.15, -0.1) is 0 Å². The van der Waals surface area contributed by atoms with Crippen LogP contribution in [0.25, 0.3) is 0 Å². The first-order valence-electron chi connectivity index (χ1n) is 4.13. The van der Waals surface area contributed by atoms with Crippen LogP contribution in [0.5, 0.6) is 0 Å². The number of hydrogen-bond acceptors (Lipinski definition) is 3. The van der Waals surface area contributed by atoms with Crippen molar-refractivity contribution in [3.63, 3.8) is 0 Å². The summed E-state index contributed by atoms with van der Waals surface area (Å²) in [5.41, 5.74) is 0. The molecule has 0 saturated carbocycles. The van der Waals surface area contributed by atoms with Gasteiger partial charge >= 0.3 is 0 Å². The second-order valence-electron chi connectivity index (χ2n) is 3.29. The first kappa shape index (κ1) is 8.97. The van der Waals surface area contributed by atoms with Gasteiger partial charge in [0, 0.05) is 6.04 Å². The van der Waals surface area contributed by atoms with Gasteiger partial charge < -0.3 is 9.47 Å². The molecule has 1 rings (SSSR count). The molecule has 11 heavy (non-hydrogen) atoms. The van der Waals surface area contributed by atoms with Gasteiger partial charge in [0.05, 0.1) is 12.7 Å². The van der Waals surface area contributed by atoms with Gasteiger partial charge in [0.25, 0.3) is 0 Å². The van der Waals surface area contributed by atoms with Gasteiger partial charge in [0.1, 0.15) is 13.5 Å². The van der Waals surface area contributed by atoms with Crippen molar-refractivity contribution in [2.24, 2.45) is 0 Å². The van der Waals surface area contributed by atoms with E-state index in [-0.39, 0.29) is 6.10 Å². The fourth-order valence-electron chi connectivity index (χ4n) is 0.942. The van der Waals surface area contributed by atoms with E-state index in [0.29, 0.717) is 26.1 Å². The lowest BCUT2D eigenvalue weighted by atomic mass is 10.4. The minimum absolute atomic E-state index is 0.235. The van der Waals surface area contributed by atoms with Crippen molar-refractivity contribution in [1.29, 1.82) is 0 Å². The third kappa shape index (κ3) is 2.77. The molecule has 1 unspecified atom stereocenters. The van der Waals surface area contributed by atoms with E-state index in [0.717, 1.165) is 0 Å². The van der Waals surface area contributed by atoms with E-state index in [1.54, 1.807) is 0 Å². The highest BCUT2D eigenvalue weighted by Crippen LogP contribution is 2.05. The normalized spacial score (nSPS) is 28.9. The van der Waals surface area contributed by atoms with Gasteiger partial charge in [0.2, 0.25) is 0 Å². The average Bonchev–Trinajstić information content (AvgIpc) is 2.13. The third-order valence-corrected chi connectivity index (χ3v) is 1.86. The molecule has 0 radical (unpaired) electrons. The second kappa shape index (κ2) is 4.04. The van der Waals surface area contributed by atoms with E-state index in [1.165, 1.54) is 0 Å². The Balaban J connectivity index is 2.34. The van der Waals surface area contributed by atoms with E-state index in [9.17, 15) is 0 Å². The molecule has 0 bridgehead atoms. The summed E-state index contributed by atoms with van der Waals surface area (Å²) in [7, 11) is 0. The maximum Gasteiger partial charge on any atom is 0.101 e. The molecule has 0 spiro atoms. The fourth-order valence-corrected chi connectivity index (χ4v) is 0.942. The summed E-state index contributed by atoms with van der Waals surface area (Å²) >= 11 is 0. The standard InChI is InChI=1S/C8H17NO2/c1-7(2)9-5-10-4-8(3)11-6-9/h7-8H,4-6H2,1-3H3. The maximum atomic E-state index is 5.48. The predicted molar refractivity (Wildman–Crippen MR) is 43.2 cm³/mol. The molecule has 1 aliphatic heterocycles. The predicted octanol–water partition coefficient (Wildman–Crippen LogP) is 1.05. The third-order valence-electron chi connectivity index (χ3n) is 1.86. The van der Waals surface area contributed by atoms with E-state index < -0.39 is 0 Å². The highest BCUT2D eigenvalue weighted by atomic mass is 16.6. The molecule has 3 nitrogen and oxygen atoms in total. The van der Waals surface area contributed by atoms with Crippen molar-refractivity contribution >= 4 is 0 Å². The van der Waals surface area contributed by atoms with Crippen LogP contribution in [0, 0.1) is 0 Å². The molecular formula is C8H17NO2. The van der Waals surface area contributed by atoms with Gasteiger partial charge in [-0.05, 0) is 20.8 Å². The lowest BCUT2D eigenvalue weighted by molar-refractivity contribution is -0.00790. The van der Waals surface area contributed by atoms with Crippen molar-refractivity contribution in [3.05, 3.63) is 0 Å². The summed E-state index contributed by atoms with van der Waals surface area (Å²) in [4.78, 5) is 2.16. The molecule has 0 aromatic rings. The van der Waals surface area contributed by atoms with Crippen LogP contribution in [-0.4, -0.2) is 37.1 Å². The molecule has 1 atom stereocenters. The first-order valence-corrected chi connectivity index (χ1v) is 4.13. The molecule has 0 aromatic heterocycles. The van der Waals surface area contributed by atoms with Crippen LogP contribution < -0.4 is 0 Å². The smallest absolute Gasteiger partial charge is 0.101 e. The van der Waals surface area contributed by atoms with Crippen molar-refractivity contribution < 1.29 is 9.47 Å². The Morgan fingerprint density at radius 3 is 2.73 bits per heavy atom. The van der Waals surface area contributed by atoms with Crippen LogP contribution in [-0.2, 0) is 9.47 Å². The minimum atomic E-state index is 0.235. The van der Waals surface area contributed by atoms with Crippen LogP contribution in [0.3, 0.4) is 0 Å². The Labute approximate surface area is 68.3 Å². The van der Waals surface area contributed by atoms with Crippen molar-refractivity contribution in [2.75, 3.05) is 20.1 Å². The molecular weight excluding hydrogens is 142 g/mol. The minimum Gasteiger partial charge on any atom is -0.363 e. The SMILES string of the molecule is CC1COCN(C(C)C)CO1. The molecule has 1 aliphatic rings. The fraction of sp³-hybridized carbons (Fsp3) is 1.00. The van der Waals surface area contributed by atoms with Crippen LogP contribution in [0.2, 0.25) is 0 Å². The lowest BCUT2D eigenvalue weighted by Gasteiger charge is -2.22. The number of rotatable bonds is 1. The van der Waals surface area contributed by atoms with Crippen LogP contribution in [0.4, 0.5) is 0 Å². The molecule has 0 aromatic carbocycles. The average molecular weight is 159 g/mol. The second-order valence-corrected chi connectivity index (χ2v) is 3.29. The Kier molecular flexibility index (Phi) is 3.30. The molecule has 0 aliphatic carbocycles. The lowest BCUT2D eigenvalue weighted by Crippen LogP contribution is -2.33.